The zero-order valence-electron chi connectivity index (χ0n) is 23.6. The third-order valence-corrected chi connectivity index (χ3v) is 10.1. The third kappa shape index (κ3) is 7.36. The predicted octanol–water partition coefficient (Wildman–Crippen LogP) is 2.79. The van der Waals surface area contributed by atoms with Crippen LogP contribution in [-0.4, -0.2) is 103 Å². The molecule has 2 fully saturated rings. The van der Waals surface area contributed by atoms with Crippen LogP contribution in [0.5, 0.6) is 0 Å². The number of aliphatic hydroxyl groups excluding tert-OH is 3. The molecule has 2 aliphatic rings. The number of carbonyl (C=O) groups excluding carboxylic acids is 1. The van der Waals surface area contributed by atoms with Crippen molar-refractivity contribution in [1.29, 1.82) is 0 Å². The summed E-state index contributed by atoms with van der Waals surface area (Å²) in [6.45, 7) is 5.02. The van der Waals surface area contributed by atoms with E-state index in [9.17, 15) is 20.1 Å². The summed E-state index contributed by atoms with van der Waals surface area (Å²) in [7, 11) is 1.98. The number of likely N-dealkylation sites (tertiary alicyclic amines) is 1. The highest BCUT2D eigenvalue weighted by atomic mass is 32.2. The molecule has 220 valence electrons. The van der Waals surface area contributed by atoms with Gasteiger partial charge in [0.05, 0.1) is 12.1 Å². The number of benzene rings is 1. The standard InChI is InChI=1S/C29H42N4O5S2/c1-5-6-18-11-12-33(3)22(13-18)28(37)32-23(27-25(35)24(34)26(36)29(38-27)39-4)17(2)40-21-9-7-19(8-10-21)20-14-30-16-31-15-20/h7-10,14-18,22-27,29,34-36H,5-6,11-13H2,1-4H3,(H,32,37)/t17-,18+,22-,23+,24?,25?,26?,27?,29?/m0/s1. The van der Waals surface area contributed by atoms with E-state index in [1.807, 2.05) is 38.2 Å². The largest absolute Gasteiger partial charge is 0.388 e. The Kier molecular flexibility index (Phi) is 11.3. The van der Waals surface area contributed by atoms with E-state index in [1.54, 1.807) is 30.4 Å². The summed E-state index contributed by atoms with van der Waals surface area (Å²) in [5.41, 5.74) is 1.19. The summed E-state index contributed by atoms with van der Waals surface area (Å²) in [4.78, 5) is 25.0. The van der Waals surface area contributed by atoms with Crippen molar-refractivity contribution in [3.05, 3.63) is 43.0 Å². The normalized spacial score (nSPS) is 30.9. The van der Waals surface area contributed by atoms with Crippen LogP contribution in [0, 0.1) is 5.92 Å². The molecular formula is C29H42N4O5S2. The molecule has 0 bridgehead atoms. The second kappa shape index (κ2) is 14.4. The number of aliphatic hydroxyl groups is 3. The maximum absolute atomic E-state index is 13.7. The molecular weight excluding hydrogens is 548 g/mol. The Morgan fingerprint density at radius 2 is 1.82 bits per heavy atom. The van der Waals surface area contributed by atoms with E-state index >= 15 is 0 Å². The number of nitrogens with one attached hydrogen (secondary N) is 1. The van der Waals surface area contributed by atoms with Crippen molar-refractivity contribution in [2.75, 3.05) is 19.8 Å². The van der Waals surface area contributed by atoms with E-state index in [1.165, 1.54) is 18.1 Å². The van der Waals surface area contributed by atoms with Gasteiger partial charge in [-0.2, -0.15) is 0 Å². The van der Waals surface area contributed by atoms with E-state index in [4.69, 9.17) is 4.74 Å². The van der Waals surface area contributed by atoms with Crippen molar-refractivity contribution < 1.29 is 24.9 Å². The SMILES string of the molecule is CCC[C@@H]1CCN(C)[C@H](C(=O)N[C@@H](C2OC(SC)C(O)C(O)C2O)[C@H](C)Sc2ccc(-c3cncnc3)cc2)C1. The number of nitrogens with zero attached hydrogens (tertiary/aromatic N) is 3. The number of likely N-dealkylation sites (N-methyl/N-ethyl adjacent to an activating group) is 1. The monoisotopic (exact) mass is 590 g/mol. The number of carbonyl (C=O) groups is 1. The first-order valence-electron chi connectivity index (χ1n) is 14.0. The molecule has 2 aromatic rings. The van der Waals surface area contributed by atoms with Gasteiger partial charge in [0.25, 0.3) is 0 Å². The molecule has 4 N–H and O–H groups in total. The minimum atomic E-state index is -1.38. The predicted molar refractivity (Wildman–Crippen MR) is 159 cm³/mol. The first-order chi connectivity index (χ1) is 19.2. The second-order valence-electron chi connectivity index (χ2n) is 10.9. The van der Waals surface area contributed by atoms with Gasteiger partial charge in [0.15, 0.2) is 0 Å². The van der Waals surface area contributed by atoms with Crippen molar-refractivity contribution in [1.82, 2.24) is 20.2 Å². The molecule has 2 aliphatic heterocycles. The van der Waals surface area contributed by atoms with Crippen molar-refractivity contribution in [3.63, 3.8) is 0 Å². The first-order valence-corrected chi connectivity index (χ1v) is 16.1. The van der Waals surface area contributed by atoms with Crippen molar-refractivity contribution >= 4 is 29.4 Å². The number of piperidine rings is 1. The van der Waals surface area contributed by atoms with E-state index in [0.29, 0.717) is 5.92 Å². The lowest BCUT2D eigenvalue weighted by atomic mass is 9.87. The van der Waals surface area contributed by atoms with Gasteiger partial charge >= 0.3 is 0 Å². The Bertz CT molecular complexity index is 1080. The Morgan fingerprint density at radius 1 is 1.12 bits per heavy atom. The summed E-state index contributed by atoms with van der Waals surface area (Å²) < 4.78 is 6.15. The molecule has 1 aromatic carbocycles. The molecule has 0 aliphatic carbocycles. The fourth-order valence-corrected chi connectivity index (χ4v) is 7.46. The highest BCUT2D eigenvalue weighted by Crippen LogP contribution is 2.35. The second-order valence-corrected chi connectivity index (χ2v) is 13.2. The van der Waals surface area contributed by atoms with E-state index in [-0.39, 0.29) is 17.2 Å². The van der Waals surface area contributed by atoms with Gasteiger partial charge in [0.1, 0.15) is 36.2 Å². The number of ether oxygens (including phenoxy) is 1. The van der Waals surface area contributed by atoms with E-state index in [2.05, 4.69) is 27.1 Å². The highest BCUT2D eigenvalue weighted by molar-refractivity contribution is 8.00. The van der Waals surface area contributed by atoms with E-state index in [0.717, 1.165) is 48.3 Å². The zero-order chi connectivity index (χ0) is 28.8. The van der Waals surface area contributed by atoms with Crippen LogP contribution in [0.2, 0.25) is 0 Å². The quantitative estimate of drug-likeness (QED) is 0.307. The van der Waals surface area contributed by atoms with Crippen molar-refractivity contribution in [2.45, 2.75) is 91.6 Å². The lowest BCUT2D eigenvalue weighted by Gasteiger charge is -2.45. The molecule has 11 heteroatoms. The van der Waals surface area contributed by atoms with Crippen LogP contribution < -0.4 is 5.32 Å². The van der Waals surface area contributed by atoms with Gasteiger partial charge in [-0.3, -0.25) is 9.69 Å². The molecule has 4 rings (SSSR count). The van der Waals surface area contributed by atoms with Gasteiger partial charge in [-0.25, -0.2) is 9.97 Å². The number of hydrogen-bond acceptors (Lipinski definition) is 10. The molecule has 9 atom stereocenters. The lowest BCUT2D eigenvalue weighted by Crippen LogP contribution is -2.65. The summed E-state index contributed by atoms with van der Waals surface area (Å²) in [5, 5.41) is 35.1. The number of aromatic nitrogens is 2. The van der Waals surface area contributed by atoms with Crippen LogP contribution in [-0.2, 0) is 9.53 Å². The average Bonchev–Trinajstić information content (AvgIpc) is 2.97. The minimum Gasteiger partial charge on any atom is -0.388 e. The molecule has 1 aromatic heterocycles. The van der Waals surface area contributed by atoms with Crippen LogP contribution in [0.15, 0.2) is 47.9 Å². The molecule has 3 heterocycles. The van der Waals surface area contributed by atoms with Crippen LogP contribution >= 0.6 is 23.5 Å². The molecule has 2 saturated heterocycles. The number of thioether (sulfide) groups is 2. The smallest absolute Gasteiger partial charge is 0.237 e. The third-order valence-electron chi connectivity index (χ3n) is 8.06. The van der Waals surface area contributed by atoms with Gasteiger partial charge in [-0.05, 0) is 56.3 Å². The maximum atomic E-state index is 13.7. The van der Waals surface area contributed by atoms with Gasteiger partial charge in [0, 0.05) is 28.1 Å². The number of hydrogen-bond donors (Lipinski definition) is 4. The molecule has 40 heavy (non-hydrogen) atoms. The van der Waals surface area contributed by atoms with Gasteiger partial charge in [-0.15, -0.1) is 23.5 Å². The van der Waals surface area contributed by atoms with Gasteiger partial charge < -0.3 is 25.4 Å². The minimum absolute atomic E-state index is 0.0997. The van der Waals surface area contributed by atoms with Crippen LogP contribution in [0.4, 0.5) is 0 Å². The molecule has 5 unspecified atom stereocenters. The highest BCUT2D eigenvalue weighted by Gasteiger charge is 2.48. The average molecular weight is 591 g/mol. The number of rotatable bonds is 10. The zero-order valence-corrected chi connectivity index (χ0v) is 25.2. The Morgan fingerprint density at radius 3 is 2.48 bits per heavy atom. The number of amides is 1. The molecule has 9 nitrogen and oxygen atoms in total. The molecule has 0 spiro atoms. The first kappa shape index (κ1) is 31.2. The van der Waals surface area contributed by atoms with Crippen molar-refractivity contribution in [2.24, 2.45) is 5.92 Å². The topological polar surface area (TPSA) is 128 Å². The van der Waals surface area contributed by atoms with Crippen molar-refractivity contribution in [3.8, 4) is 11.1 Å². The van der Waals surface area contributed by atoms with Gasteiger partial charge in [0.2, 0.25) is 5.91 Å². The van der Waals surface area contributed by atoms with Crippen LogP contribution in [0.25, 0.3) is 11.1 Å². The Labute approximate surface area is 245 Å². The summed E-state index contributed by atoms with van der Waals surface area (Å²) in [6, 6.07) is 7.13. The van der Waals surface area contributed by atoms with E-state index < -0.39 is 35.9 Å². The summed E-state index contributed by atoms with van der Waals surface area (Å²) in [5.74, 6) is 0.405. The summed E-state index contributed by atoms with van der Waals surface area (Å²) in [6.07, 6.45) is 6.00. The fraction of sp³-hybridized carbons (Fsp3) is 0.621. The van der Waals surface area contributed by atoms with Crippen LogP contribution in [0.1, 0.15) is 39.5 Å². The van der Waals surface area contributed by atoms with Gasteiger partial charge in [-0.1, -0.05) is 38.8 Å². The fourth-order valence-electron chi connectivity index (χ4n) is 5.69. The molecule has 1 amide bonds. The molecule has 0 saturated carbocycles. The lowest BCUT2D eigenvalue weighted by molar-refractivity contribution is -0.205. The summed E-state index contributed by atoms with van der Waals surface area (Å²) >= 11 is 2.83. The Hall–Kier alpha value is -1.73. The maximum Gasteiger partial charge on any atom is 0.237 e. The Balaban J connectivity index is 1.55. The molecule has 0 radical (unpaired) electrons. The van der Waals surface area contributed by atoms with Crippen LogP contribution in [0.3, 0.4) is 0 Å².